The van der Waals surface area contributed by atoms with Gasteiger partial charge in [0.1, 0.15) is 6.61 Å². The molecule has 0 amide bonds. The molecule has 0 heterocycles. The van der Waals surface area contributed by atoms with Gasteiger partial charge in [-0.1, -0.05) is 60.2 Å². The number of rotatable bonds is 6. The van der Waals surface area contributed by atoms with E-state index in [2.05, 4.69) is 5.29 Å². The maximum absolute atomic E-state index is 10.7. The maximum atomic E-state index is 10.7. The smallest absolute Gasteiger partial charge is 0.102 e. The fourth-order valence-corrected chi connectivity index (χ4v) is 1.67. The van der Waals surface area contributed by atoms with E-state index in [0.717, 1.165) is 16.3 Å². The second-order valence-corrected chi connectivity index (χ2v) is 4.34. The minimum absolute atomic E-state index is 0.332. The molecule has 0 aromatic heterocycles. The molecule has 0 radical (unpaired) electrons. The lowest BCUT2D eigenvalue weighted by Gasteiger charge is -2.14. The van der Waals surface area contributed by atoms with Gasteiger partial charge in [-0.3, -0.25) is 0 Å². The van der Waals surface area contributed by atoms with Gasteiger partial charge in [0.2, 0.25) is 0 Å². The summed E-state index contributed by atoms with van der Waals surface area (Å²) < 4.78 is 0. The van der Waals surface area contributed by atoms with Crippen LogP contribution in [-0.4, -0.2) is 5.17 Å². The van der Waals surface area contributed by atoms with E-state index >= 15 is 0 Å². The summed E-state index contributed by atoms with van der Waals surface area (Å²) in [6.45, 7) is 2.69. The largest absolute Gasteiger partial charge is 0.249 e. The lowest BCUT2D eigenvalue weighted by Crippen LogP contribution is -2.16. The van der Waals surface area contributed by atoms with Crippen molar-refractivity contribution in [3.63, 3.8) is 0 Å². The van der Waals surface area contributed by atoms with Crippen LogP contribution >= 0.6 is 0 Å². The van der Waals surface area contributed by atoms with Crippen molar-refractivity contribution in [2.45, 2.75) is 20.1 Å². The number of hydrogen-bond donors (Lipinski definition) is 0. The van der Waals surface area contributed by atoms with E-state index in [1.54, 1.807) is 0 Å². The highest BCUT2D eigenvalue weighted by molar-refractivity contribution is 5.21. The highest BCUT2D eigenvalue weighted by atomic mass is 16.8. The molecular formula is C15H16N2O2. The third-order valence-electron chi connectivity index (χ3n) is 2.75. The van der Waals surface area contributed by atoms with E-state index in [-0.39, 0.29) is 0 Å². The van der Waals surface area contributed by atoms with E-state index in [1.165, 1.54) is 5.56 Å². The molecule has 4 heteroatoms. The van der Waals surface area contributed by atoms with Crippen molar-refractivity contribution in [3.8, 4) is 0 Å². The first-order chi connectivity index (χ1) is 9.28. The molecule has 19 heavy (non-hydrogen) atoms. The number of benzene rings is 2. The molecule has 2 aromatic carbocycles. The van der Waals surface area contributed by atoms with Crippen molar-refractivity contribution in [2.24, 2.45) is 5.29 Å². The highest BCUT2D eigenvalue weighted by Gasteiger charge is 2.05. The van der Waals surface area contributed by atoms with Gasteiger partial charge >= 0.3 is 0 Å². The zero-order valence-corrected chi connectivity index (χ0v) is 10.8. The van der Waals surface area contributed by atoms with Gasteiger partial charge < -0.3 is 0 Å². The van der Waals surface area contributed by atoms with E-state index in [1.807, 2.05) is 61.5 Å². The number of aryl methyl sites for hydroxylation is 1. The van der Waals surface area contributed by atoms with Crippen molar-refractivity contribution >= 4 is 0 Å². The van der Waals surface area contributed by atoms with Crippen molar-refractivity contribution in [3.05, 3.63) is 76.2 Å². The predicted molar refractivity (Wildman–Crippen MR) is 73.7 cm³/mol. The molecule has 0 saturated heterocycles. The van der Waals surface area contributed by atoms with E-state index in [9.17, 15) is 4.91 Å². The third-order valence-corrected chi connectivity index (χ3v) is 2.75. The molecule has 0 atom stereocenters. The number of nitroso groups, excluding NO2 is 1. The molecular weight excluding hydrogens is 241 g/mol. The van der Waals surface area contributed by atoms with E-state index in [0.29, 0.717) is 13.2 Å². The topological polar surface area (TPSA) is 41.9 Å². The Bertz CT molecular complexity index is 511. The van der Waals surface area contributed by atoms with Crippen LogP contribution in [0.3, 0.4) is 0 Å². The molecule has 0 fully saturated rings. The van der Waals surface area contributed by atoms with Gasteiger partial charge in [-0.05, 0) is 18.1 Å². The number of hydrogen-bond acceptors (Lipinski definition) is 3. The van der Waals surface area contributed by atoms with Gasteiger partial charge in [-0.15, -0.1) is 10.1 Å². The Labute approximate surface area is 112 Å². The van der Waals surface area contributed by atoms with Crippen molar-refractivity contribution in [1.82, 2.24) is 5.17 Å². The fourth-order valence-electron chi connectivity index (χ4n) is 1.67. The highest BCUT2D eigenvalue weighted by Crippen LogP contribution is 2.09. The van der Waals surface area contributed by atoms with Crippen LogP contribution in [0, 0.1) is 11.8 Å². The Kier molecular flexibility index (Phi) is 4.64. The van der Waals surface area contributed by atoms with Gasteiger partial charge in [0.15, 0.2) is 0 Å². The quantitative estimate of drug-likeness (QED) is 0.451. The van der Waals surface area contributed by atoms with Crippen LogP contribution < -0.4 is 0 Å². The summed E-state index contributed by atoms with van der Waals surface area (Å²) in [6.07, 6.45) is 0. The molecule has 2 aromatic rings. The zero-order valence-electron chi connectivity index (χ0n) is 10.8. The molecule has 2 rings (SSSR count). The average Bonchev–Trinajstić information content (AvgIpc) is 2.46. The number of nitrogens with zero attached hydrogens (tertiary/aromatic N) is 2. The fraction of sp³-hybridized carbons (Fsp3) is 0.200. The van der Waals surface area contributed by atoms with Crippen LogP contribution in [-0.2, 0) is 18.0 Å². The molecule has 0 aliphatic heterocycles. The van der Waals surface area contributed by atoms with Crippen molar-refractivity contribution in [2.75, 3.05) is 0 Å². The molecule has 0 aliphatic rings. The summed E-state index contributed by atoms with van der Waals surface area (Å²) in [7, 11) is 0. The molecule has 98 valence electrons. The van der Waals surface area contributed by atoms with Gasteiger partial charge in [0.05, 0.1) is 11.8 Å². The summed E-state index contributed by atoms with van der Waals surface area (Å²) in [5.74, 6) is 0. The monoisotopic (exact) mass is 257 g/mol. The van der Waals surface area contributed by atoms with Crippen LogP contribution in [0.25, 0.3) is 0 Å². The molecule has 4 nitrogen and oxygen atoms in total. The molecule has 0 saturated carbocycles. The first-order valence-electron chi connectivity index (χ1n) is 6.11. The zero-order chi connectivity index (χ0) is 13.5. The third kappa shape index (κ3) is 4.19. The second-order valence-electron chi connectivity index (χ2n) is 4.34. The van der Waals surface area contributed by atoms with Gasteiger partial charge in [0.25, 0.3) is 0 Å². The summed E-state index contributed by atoms with van der Waals surface area (Å²) >= 11 is 0. The van der Waals surface area contributed by atoms with E-state index < -0.39 is 0 Å². The molecule has 0 spiro atoms. The predicted octanol–water partition coefficient (Wildman–Crippen LogP) is 3.61. The van der Waals surface area contributed by atoms with Crippen LogP contribution in [0.1, 0.15) is 16.7 Å². The van der Waals surface area contributed by atoms with Gasteiger partial charge in [-0.25, -0.2) is 4.84 Å². The van der Waals surface area contributed by atoms with Crippen LogP contribution in [0.4, 0.5) is 0 Å². The Morgan fingerprint density at radius 2 is 1.68 bits per heavy atom. The van der Waals surface area contributed by atoms with Crippen LogP contribution in [0.2, 0.25) is 0 Å². The van der Waals surface area contributed by atoms with Gasteiger partial charge in [-0.2, -0.15) is 0 Å². The molecule has 0 N–H and O–H groups in total. The summed E-state index contributed by atoms with van der Waals surface area (Å²) in [5, 5.41) is 3.95. The second kappa shape index (κ2) is 6.66. The average molecular weight is 257 g/mol. The molecule has 0 unspecified atom stereocenters. The Morgan fingerprint density at radius 3 is 2.32 bits per heavy atom. The van der Waals surface area contributed by atoms with Gasteiger partial charge in [0, 0.05) is 0 Å². The van der Waals surface area contributed by atoms with Crippen molar-refractivity contribution in [1.29, 1.82) is 0 Å². The summed E-state index contributed by atoms with van der Waals surface area (Å²) in [6, 6.07) is 17.6. The molecule has 0 aliphatic carbocycles. The SMILES string of the molecule is Cc1ccc(CN([15N]=O)OCc2ccccc2)cc1. The lowest BCUT2D eigenvalue weighted by molar-refractivity contribution is -0.178. The normalized spacial score (nSPS) is 10.2. The Morgan fingerprint density at radius 1 is 1.00 bits per heavy atom. The van der Waals surface area contributed by atoms with Crippen molar-refractivity contribution < 1.29 is 4.84 Å². The first kappa shape index (κ1) is 13.2. The van der Waals surface area contributed by atoms with E-state index in [4.69, 9.17) is 4.84 Å². The van der Waals surface area contributed by atoms with Crippen LogP contribution in [0.5, 0.6) is 0 Å². The molecule has 0 bridgehead atoms. The number of hydroxylamine groups is 1. The lowest BCUT2D eigenvalue weighted by atomic mass is 10.1. The Balaban J connectivity index is 1.90. The summed E-state index contributed by atoms with van der Waals surface area (Å²) in [4.78, 5) is 16.1. The Hall–Kier alpha value is -2.20. The standard InChI is InChI=1S/C15H16N2O2/c1-13-7-9-14(10-8-13)11-17(16-18)19-12-15-5-3-2-4-6-15/h2-10H,11-12H2,1H3/i16+1. The summed E-state index contributed by atoms with van der Waals surface area (Å²) in [5.41, 5.74) is 3.16. The minimum atomic E-state index is 0.332. The minimum Gasteiger partial charge on any atom is -0.249 e. The van der Waals surface area contributed by atoms with Crippen LogP contribution in [0.15, 0.2) is 59.9 Å². The first-order valence-corrected chi connectivity index (χ1v) is 6.11. The maximum Gasteiger partial charge on any atom is 0.102 e.